The highest BCUT2D eigenvalue weighted by atomic mass is 16.5. The molecule has 32 heavy (non-hydrogen) atoms. The smallest absolute Gasteiger partial charge is 0.248 e. The van der Waals surface area contributed by atoms with Gasteiger partial charge >= 0.3 is 0 Å². The Morgan fingerprint density at radius 1 is 1.06 bits per heavy atom. The van der Waals surface area contributed by atoms with Crippen LogP contribution in [0.1, 0.15) is 55.3 Å². The second kappa shape index (κ2) is 8.81. The van der Waals surface area contributed by atoms with Crippen LogP contribution in [0.25, 0.3) is 10.9 Å². The van der Waals surface area contributed by atoms with E-state index in [0.29, 0.717) is 12.8 Å². The maximum Gasteiger partial charge on any atom is 0.248 e. The predicted octanol–water partition coefficient (Wildman–Crippen LogP) is 5.47. The molecule has 5 rings (SSSR count). The number of hydrogen-bond acceptors (Lipinski definition) is 3. The number of rotatable bonds is 6. The lowest BCUT2D eigenvalue weighted by Gasteiger charge is -2.27. The number of carbonyl (C=O) groups excluding carboxylic acids is 1. The fourth-order valence-electron chi connectivity index (χ4n) is 5.26. The van der Waals surface area contributed by atoms with E-state index in [2.05, 4.69) is 47.9 Å². The zero-order valence-corrected chi connectivity index (χ0v) is 19.0. The third-order valence-electron chi connectivity index (χ3n) is 7.01. The second-order valence-electron chi connectivity index (χ2n) is 9.07. The SMILES string of the molecule is COc1ccc2c(c1)c(CC1=NN(C3CCCCC3)C(=O)C1)c(C)n2Cc1ccccc1. The summed E-state index contributed by atoms with van der Waals surface area (Å²) in [5.41, 5.74) is 5.91. The first-order valence-corrected chi connectivity index (χ1v) is 11.7. The highest BCUT2D eigenvalue weighted by Crippen LogP contribution is 2.32. The first-order valence-electron chi connectivity index (χ1n) is 11.7. The van der Waals surface area contributed by atoms with Crippen LogP contribution in [0.4, 0.5) is 0 Å². The fourth-order valence-corrected chi connectivity index (χ4v) is 5.26. The molecule has 2 heterocycles. The Kier molecular flexibility index (Phi) is 5.73. The number of hydrazone groups is 1. The summed E-state index contributed by atoms with van der Waals surface area (Å²) in [5, 5.41) is 7.82. The van der Waals surface area contributed by atoms with Crippen LogP contribution in [-0.4, -0.2) is 34.3 Å². The summed E-state index contributed by atoms with van der Waals surface area (Å²) < 4.78 is 7.90. The van der Waals surface area contributed by atoms with Crippen LogP contribution >= 0.6 is 0 Å². The monoisotopic (exact) mass is 429 g/mol. The molecule has 0 radical (unpaired) electrons. The summed E-state index contributed by atoms with van der Waals surface area (Å²) in [6, 6.07) is 17.1. The van der Waals surface area contributed by atoms with E-state index in [1.165, 1.54) is 47.0 Å². The molecule has 166 valence electrons. The number of benzene rings is 2. The Morgan fingerprint density at radius 3 is 2.59 bits per heavy atom. The number of aromatic nitrogens is 1. The molecule has 2 aromatic carbocycles. The number of ether oxygens (including phenoxy) is 1. The van der Waals surface area contributed by atoms with Crippen molar-refractivity contribution in [2.75, 3.05) is 7.11 Å². The largest absolute Gasteiger partial charge is 0.497 e. The lowest BCUT2D eigenvalue weighted by atomic mass is 9.95. The standard InChI is InChI=1S/C27H31N3O2/c1-19-24(15-21-16-27(31)30(28-21)22-11-7-4-8-12-22)25-17-23(32-2)13-14-26(25)29(19)18-20-9-5-3-6-10-20/h3,5-6,9-10,13-14,17,22H,4,7-8,11-12,15-16,18H2,1-2H3. The molecule has 1 aromatic heterocycles. The van der Waals surface area contributed by atoms with Crippen molar-refractivity contribution < 1.29 is 9.53 Å². The van der Waals surface area contributed by atoms with Crippen LogP contribution in [-0.2, 0) is 17.8 Å². The van der Waals surface area contributed by atoms with Gasteiger partial charge in [-0.25, -0.2) is 5.01 Å². The minimum absolute atomic E-state index is 0.162. The minimum Gasteiger partial charge on any atom is -0.497 e. The zero-order chi connectivity index (χ0) is 22.1. The van der Waals surface area contributed by atoms with E-state index in [1.54, 1.807) is 12.1 Å². The van der Waals surface area contributed by atoms with Gasteiger partial charge in [-0.3, -0.25) is 4.79 Å². The Bertz CT molecular complexity index is 1160. The van der Waals surface area contributed by atoms with E-state index < -0.39 is 0 Å². The number of fused-ring (bicyclic) bond motifs is 1. The predicted molar refractivity (Wildman–Crippen MR) is 128 cm³/mol. The van der Waals surface area contributed by atoms with Gasteiger partial charge in [-0.15, -0.1) is 0 Å². The number of nitrogens with zero attached hydrogens (tertiary/aromatic N) is 3. The van der Waals surface area contributed by atoms with Gasteiger partial charge in [-0.2, -0.15) is 5.10 Å². The van der Waals surface area contributed by atoms with Crippen molar-refractivity contribution in [3.8, 4) is 5.75 Å². The maximum atomic E-state index is 12.8. The van der Waals surface area contributed by atoms with E-state index in [4.69, 9.17) is 9.84 Å². The average molecular weight is 430 g/mol. The zero-order valence-electron chi connectivity index (χ0n) is 19.0. The van der Waals surface area contributed by atoms with Crippen molar-refractivity contribution in [2.24, 2.45) is 5.10 Å². The third-order valence-corrected chi connectivity index (χ3v) is 7.01. The summed E-state index contributed by atoms with van der Waals surface area (Å²) in [4.78, 5) is 12.8. The van der Waals surface area contributed by atoms with Crippen LogP contribution < -0.4 is 4.74 Å². The highest BCUT2D eigenvalue weighted by molar-refractivity contribution is 6.07. The number of hydrogen-bond donors (Lipinski definition) is 0. The topological polar surface area (TPSA) is 46.8 Å². The lowest BCUT2D eigenvalue weighted by molar-refractivity contribution is -0.131. The molecule has 1 saturated carbocycles. The highest BCUT2D eigenvalue weighted by Gasteiger charge is 2.31. The summed E-state index contributed by atoms with van der Waals surface area (Å²) in [6.07, 6.45) is 6.97. The van der Waals surface area contributed by atoms with Crippen LogP contribution in [0, 0.1) is 6.92 Å². The van der Waals surface area contributed by atoms with Crippen molar-refractivity contribution in [3.63, 3.8) is 0 Å². The van der Waals surface area contributed by atoms with E-state index in [1.807, 2.05) is 12.1 Å². The number of carbonyl (C=O) groups is 1. The Hall–Kier alpha value is -3.08. The van der Waals surface area contributed by atoms with Crippen LogP contribution in [0.5, 0.6) is 5.75 Å². The van der Waals surface area contributed by atoms with E-state index in [9.17, 15) is 4.79 Å². The van der Waals surface area contributed by atoms with Gasteiger partial charge in [0, 0.05) is 29.6 Å². The van der Waals surface area contributed by atoms with Crippen LogP contribution in [0.3, 0.4) is 0 Å². The molecular weight excluding hydrogens is 398 g/mol. The molecule has 5 heteroatoms. The normalized spacial score (nSPS) is 17.2. The average Bonchev–Trinajstić information content (AvgIpc) is 3.32. The quantitative estimate of drug-likeness (QED) is 0.522. The Balaban J connectivity index is 1.50. The Morgan fingerprint density at radius 2 is 1.84 bits per heavy atom. The molecule has 1 aliphatic carbocycles. The summed E-state index contributed by atoms with van der Waals surface area (Å²) in [5.74, 6) is 1.01. The van der Waals surface area contributed by atoms with Crippen molar-refractivity contribution in [3.05, 3.63) is 65.4 Å². The van der Waals surface area contributed by atoms with Gasteiger partial charge < -0.3 is 9.30 Å². The van der Waals surface area contributed by atoms with Crippen LogP contribution in [0.15, 0.2) is 53.6 Å². The molecule has 3 aromatic rings. The molecule has 1 fully saturated rings. The van der Waals surface area contributed by atoms with Gasteiger partial charge in [0.2, 0.25) is 5.91 Å². The van der Waals surface area contributed by atoms with Gasteiger partial charge in [0.15, 0.2) is 0 Å². The van der Waals surface area contributed by atoms with Gasteiger partial charge in [0.1, 0.15) is 5.75 Å². The van der Waals surface area contributed by atoms with E-state index in [0.717, 1.165) is 30.8 Å². The maximum absolute atomic E-state index is 12.8. The minimum atomic E-state index is 0.162. The van der Waals surface area contributed by atoms with Crippen molar-refractivity contribution >= 4 is 22.5 Å². The Labute approximate surface area is 189 Å². The first kappa shape index (κ1) is 20.8. The number of amides is 1. The van der Waals surface area contributed by atoms with Crippen LogP contribution in [0.2, 0.25) is 0 Å². The van der Waals surface area contributed by atoms with Gasteiger partial charge in [0.05, 0.1) is 25.3 Å². The summed E-state index contributed by atoms with van der Waals surface area (Å²) in [7, 11) is 1.70. The van der Waals surface area contributed by atoms with E-state index >= 15 is 0 Å². The molecule has 0 unspecified atom stereocenters. The lowest BCUT2D eigenvalue weighted by Crippen LogP contribution is -2.34. The van der Waals surface area contributed by atoms with Crippen molar-refractivity contribution in [1.82, 2.24) is 9.58 Å². The fraction of sp³-hybridized carbons (Fsp3) is 0.407. The molecule has 1 aliphatic heterocycles. The van der Waals surface area contributed by atoms with Gasteiger partial charge in [0.25, 0.3) is 0 Å². The van der Waals surface area contributed by atoms with Crippen molar-refractivity contribution in [1.29, 1.82) is 0 Å². The molecule has 2 aliphatic rings. The summed E-state index contributed by atoms with van der Waals surface area (Å²) >= 11 is 0. The number of methoxy groups -OCH3 is 1. The molecule has 0 atom stereocenters. The molecule has 0 spiro atoms. The molecule has 0 saturated heterocycles. The van der Waals surface area contributed by atoms with Crippen molar-refractivity contribution in [2.45, 2.75) is 64.5 Å². The first-order chi connectivity index (χ1) is 15.6. The third kappa shape index (κ3) is 3.92. The molecule has 0 bridgehead atoms. The van der Waals surface area contributed by atoms with Gasteiger partial charge in [-0.05, 0) is 49.1 Å². The second-order valence-corrected chi connectivity index (χ2v) is 9.07. The molecule has 5 nitrogen and oxygen atoms in total. The van der Waals surface area contributed by atoms with Gasteiger partial charge in [-0.1, -0.05) is 49.6 Å². The summed E-state index contributed by atoms with van der Waals surface area (Å²) in [6.45, 7) is 3.00. The van der Waals surface area contributed by atoms with E-state index in [-0.39, 0.29) is 11.9 Å². The molecular formula is C27H31N3O2. The molecule has 1 amide bonds. The molecule has 0 N–H and O–H groups in total.